The second-order valence-electron chi connectivity index (χ2n) is 3.29. The van der Waals surface area contributed by atoms with E-state index in [4.69, 9.17) is 4.74 Å². The molecule has 0 aromatic carbocycles. The van der Waals surface area contributed by atoms with Crippen LogP contribution in [0.1, 0.15) is 6.42 Å². The first-order chi connectivity index (χ1) is 7.20. The lowest BCUT2D eigenvalue weighted by Crippen LogP contribution is -2.27. The quantitative estimate of drug-likeness (QED) is 0.716. The number of hydrogen-bond donors (Lipinski definition) is 1. The molecule has 1 saturated heterocycles. The van der Waals surface area contributed by atoms with Crippen molar-refractivity contribution in [1.29, 1.82) is 0 Å². The molecular weight excluding hydrogens is 198 g/mol. The van der Waals surface area contributed by atoms with Crippen LogP contribution in [0, 0.1) is 0 Å². The SMILES string of the molecule is COc1cnc(N2CC(O)CC2=O)nc1. The van der Waals surface area contributed by atoms with E-state index in [9.17, 15) is 9.90 Å². The highest BCUT2D eigenvalue weighted by Gasteiger charge is 2.30. The van der Waals surface area contributed by atoms with Crippen molar-refractivity contribution in [2.24, 2.45) is 0 Å². The van der Waals surface area contributed by atoms with E-state index in [1.54, 1.807) is 0 Å². The Balaban J connectivity index is 2.19. The zero-order valence-corrected chi connectivity index (χ0v) is 8.25. The van der Waals surface area contributed by atoms with Gasteiger partial charge in [0, 0.05) is 0 Å². The Morgan fingerprint density at radius 2 is 2.20 bits per heavy atom. The molecule has 2 heterocycles. The summed E-state index contributed by atoms with van der Waals surface area (Å²) in [5.74, 6) is 0.677. The molecule has 1 atom stereocenters. The van der Waals surface area contributed by atoms with E-state index in [1.807, 2.05) is 0 Å². The molecule has 1 unspecified atom stereocenters. The van der Waals surface area contributed by atoms with Crippen LogP contribution in [0.5, 0.6) is 5.75 Å². The van der Waals surface area contributed by atoms with Gasteiger partial charge in [0.05, 0.1) is 38.6 Å². The van der Waals surface area contributed by atoms with Crippen molar-refractivity contribution < 1.29 is 14.6 Å². The average molecular weight is 209 g/mol. The number of amides is 1. The number of β-amino-alcohol motifs (C(OH)–C–C–N with tert-alkyl or cyclic N) is 1. The summed E-state index contributed by atoms with van der Waals surface area (Å²) in [5.41, 5.74) is 0. The second-order valence-corrected chi connectivity index (χ2v) is 3.29. The molecule has 0 radical (unpaired) electrons. The molecule has 1 aliphatic rings. The number of aliphatic hydroxyl groups excluding tert-OH is 1. The fraction of sp³-hybridized carbons (Fsp3) is 0.444. The average Bonchev–Trinajstić information content (AvgIpc) is 2.58. The maximum Gasteiger partial charge on any atom is 0.232 e. The number of nitrogens with zero attached hydrogens (tertiary/aromatic N) is 3. The van der Waals surface area contributed by atoms with Crippen LogP contribution in [0.2, 0.25) is 0 Å². The number of hydrogen-bond acceptors (Lipinski definition) is 5. The monoisotopic (exact) mass is 209 g/mol. The highest BCUT2D eigenvalue weighted by atomic mass is 16.5. The summed E-state index contributed by atoms with van der Waals surface area (Å²) in [6, 6.07) is 0. The van der Waals surface area contributed by atoms with E-state index in [-0.39, 0.29) is 18.9 Å². The molecule has 1 fully saturated rings. The molecule has 1 aromatic heterocycles. The first kappa shape index (κ1) is 9.85. The van der Waals surface area contributed by atoms with Gasteiger partial charge in [-0.2, -0.15) is 0 Å². The largest absolute Gasteiger partial charge is 0.494 e. The van der Waals surface area contributed by atoms with E-state index in [1.165, 1.54) is 24.4 Å². The molecule has 0 aliphatic carbocycles. The van der Waals surface area contributed by atoms with Gasteiger partial charge >= 0.3 is 0 Å². The molecule has 15 heavy (non-hydrogen) atoms. The third kappa shape index (κ3) is 1.89. The molecule has 1 amide bonds. The first-order valence-corrected chi connectivity index (χ1v) is 4.55. The van der Waals surface area contributed by atoms with Gasteiger partial charge in [-0.1, -0.05) is 0 Å². The molecule has 1 N–H and O–H groups in total. The normalized spacial score (nSPS) is 20.8. The molecule has 80 valence electrons. The van der Waals surface area contributed by atoms with Gasteiger partial charge in [-0.15, -0.1) is 0 Å². The minimum atomic E-state index is -0.622. The summed E-state index contributed by atoms with van der Waals surface area (Å²) >= 11 is 0. The Labute approximate surface area is 86.5 Å². The zero-order chi connectivity index (χ0) is 10.8. The lowest BCUT2D eigenvalue weighted by Gasteiger charge is -2.12. The smallest absolute Gasteiger partial charge is 0.232 e. The van der Waals surface area contributed by atoms with Crippen molar-refractivity contribution in [1.82, 2.24) is 9.97 Å². The Hall–Kier alpha value is -1.69. The van der Waals surface area contributed by atoms with Gasteiger partial charge in [0.1, 0.15) is 0 Å². The number of ether oxygens (including phenoxy) is 1. The molecule has 0 bridgehead atoms. The van der Waals surface area contributed by atoms with Crippen LogP contribution in [-0.2, 0) is 4.79 Å². The van der Waals surface area contributed by atoms with Crippen LogP contribution < -0.4 is 9.64 Å². The summed E-state index contributed by atoms with van der Waals surface area (Å²) in [6.45, 7) is 0.255. The summed E-state index contributed by atoms with van der Waals surface area (Å²) in [5, 5.41) is 9.29. The summed E-state index contributed by atoms with van der Waals surface area (Å²) in [6.07, 6.45) is 2.49. The third-order valence-corrected chi connectivity index (χ3v) is 2.20. The lowest BCUT2D eigenvalue weighted by atomic mass is 10.3. The highest BCUT2D eigenvalue weighted by Crippen LogP contribution is 2.18. The molecule has 0 spiro atoms. The zero-order valence-electron chi connectivity index (χ0n) is 8.25. The molecule has 0 saturated carbocycles. The number of rotatable bonds is 2. The van der Waals surface area contributed by atoms with Crippen molar-refractivity contribution in [2.45, 2.75) is 12.5 Å². The van der Waals surface area contributed by atoms with Gasteiger partial charge in [-0.05, 0) is 0 Å². The van der Waals surface area contributed by atoms with Crippen LogP contribution in [0.15, 0.2) is 12.4 Å². The van der Waals surface area contributed by atoms with Crippen molar-refractivity contribution in [3.8, 4) is 5.75 Å². The second kappa shape index (κ2) is 3.82. The fourth-order valence-corrected chi connectivity index (χ4v) is 1.44. The number of anilines is 1. The van der Waals surface area contributed by atoms with Gasteiger partial charge < -0.3 is 9.84 Å². The highest BCUT2D eigenvalue weighted by molar-refractivity contribution is 5.94. The minimum Gasteiger partial charge on any atom is -0.494 e. The van der Waals surface area contributed by atoms with Gasteiger partial charge in [-0.3, -0.25) is 9.69 Å². The Morgan fingerprint density at radius 3 is 2.67 bits per heavy atom. The Bertz CT molecular complexity index is 365. The van der Waals surface area contributed by atoms with Crippen molar-refractivity contribution in [3.63, 3.8) is 0 Å². The van der Waals surface area contributed by atoms with E-state index in [0.717, 1.165) is 0 Å². The van der Waals surface area contributed by atoms with Crippen molar-refractivity contribution >= 4 is 11.9 Å². The van der Waals surface area contributed by atoms with Gasteiger partial charge in [-0.25, -0.2) is 9.97 Å². The summed E-state index contributed by atoms with van der Waals surface area (Å²) in [7, 11) is 1.52. The van der Waals surface area contributed by atoms with Gasteiger partial charge in [0.15, 0.2) is 5.75 Å². The van der Waals surface area contributed by atoms with E-state index >= 15 is 0 Å². The van der Waals surface area contributed by atoms with E-state index in [0.29, 0.717) is 11.7 Å². The fourth-order valence-electron chi connectivity index (χ4n) is 1.44. The Kier molecular flexibility index (Phi) is 2.51. The number of aromatic nitrogens is 2. The molecule has 6 heteroatoms. The minimum absolute atomic E-state index is 0.134. The van der Waals surface area contributed by atoms with Crippen LogP contribution in [-0.4, -0.2) is 40.7 Å². The maximum atomic E-state index is 11.4. The van der Waals surface area contributed by atoms with Crippen LogP contribution in [0.3, 0.4) is 0 Å². The predicted octanol–water partition coefficient (Wildman–Crippen LogP) is -0.417. The molecule has 2 rings (SSSR count). The van der Waals surface area contributed by atoms with Crippen LogP contribution in [0.4, 0.5) is 5.95 Å². The molecular formula is C9H11N3O3. The lowest BCUT2D eigenvalue weighted by molar-refractivity contribution is -0.117. The number of methoxy groups -OCH3 is 1. The maximum absolute atomic E-state index is 11.4. The number of carbonyl (C=O) groups excluding carboxylic acids is 1. The van der Waals surface area contributed by atoms with Gasteiger partial charge in [0.25, 0.3) is 0 Å². The Morgan fingerprint density at radius 1 is 1.53 bits per heavy atom. The third-order valence-electron chi connectivity index (χ3n) is 2.20. The topological polar surface area (TPSA) is 75.6 Å². The number of carbonyl (C=O) groups is 1. The van der Waals surface area contributed by atoms with E-state index < -0.39 is 6.10 Å². The van der Waals surface area contributed by atoms with Crippen LogP contribution >= 0.6 is 0 Å². The summed E-state index contributed by atoms with van der Waals surface area (Å²) < 4.78 is 4.90. The standard InChI is InChI=1S/C9H11N3O3/c1-15-7-3-10-9(11-4-7)12-5-6(13)2-8(12)14/h3-4,6,13H,2,5H2,1H3. The summed E-state index contributed by atoms with van der Waals surface area (Å²) in [4.78, 5) is 20.7. The first-order valence-electron chi connectivity index (χ1n) is 4.55. The molecule has 1 aromatic rings. The van der Waals surface area contributed by atoms with Gasteiger partial charge in [0.2, 0.25) is 11.9 Å². The predicted molar refractivity (Wildman–Crippen MR) is 51.6 cm³/mol. The van der Waals surface area contributed by atoms with Crippen LogP contribution in [0.25, 0.3) is 0 Å². The van der Waals surface area contributed by atoms with Crippen molar-refractivity contribution in [2.75, 3.05) is 18.6 Å². The van der Waals surface area contributed by atoms with Crippen molar-refractivity contribution in [3.05, 3.63) is 12.4 Å². The number of aliphatic hydroxyl groups is 1. The molecule has 6 nitrogen and oxygen atoms in total. The van der Waals surface area contributed by atoms with E-state index in [2.05, 4.69) is 9.97 Å². The molecule has 1 aliphatic heterocycles.